The zero-order valence-corrected chi connectivity index (χ0v) is 15.6. The molecule has 1 saturated heterocycles. The fourth-order valence-corrected chi connectivity index (χ4v) is 4.42. The largest absolute Gasteiger partial charge is 0.345 e. The summed E-state index contributed by atoms with van der Waals surface area (Å²) in [5.41, 5.74) is 1.36. The highest BCUT2D eigenvalue weighted by molar-refractivity contribution is 7.89. The summed E-state index contributed by atoms with van der Waals surface area (Å²) in [5.74, 6) is 0.0865. The van der Waals surface area contributed by atoms with Crippen molar-refractivity contribution in [3.05, 3.63) is 24.5 Å². The fourth-order valence-electron chi connectivity index (χ4n) is 2.97. The zero-order valence-electron chi connectivity index (χ0n) is 14.8. The average Bonchev–Trinajstić information content (AvgIpc) is 3.01. The average molecular weight is 364 g/mol. The molecule has 1 aliphatic rings. The molecule has 0 aliphatic carbocycles. The number of sulfonamides is 1. The third-order valence-electron chi connectivity index (χ3n) is 4.30. The van der Waals surface area contributed by atoms with E-state index in [9.17, 15) is 13.2 Å². The number of aromatic amines is 1. The van der Waals surface area contributed by atoms with Crippen molar-refractivity contribution in [3.63, 3.8) is 0 Å². The maximum atomic E-state index is 12.8. The van der Waals surface area contributed by atoms with Crippen LogP contribution in [0.2, 0.25) is 0 Å². The molecule has 25 heavy (non-hydrogen) atoms. The second kappa shape index (κ2) is 6.42. The molecular weight excluding hydrogens is 340 g/mol. The van der Waals surface area contributed by atoms with Crippen molar-refractivity contribution >= 4 is 27.0 Å². The Balaban J connectivity index is 1.70. The van der Waals surface area contributed by atoms with Gasteiger partial charge in [-0.3, -0.25) is 4.79 Å². The molecule has 0 saturated carbocycles. The lowest BCUT2D eigenvalue weighted by Gasteiger charge is -2.35. The summed E-state index contributed by atoms with van der Waals surface area (Å²) in [7, 11) is -3.57. The monoisotopic (exact) mass is 364 g/mol. The van der Waals surface area contributed by atoms with E-state index in [4.69, 9.17) is 0 Å². The van der Waals surface area contributed by atoms with Crippen molar-refractivity contribution in [2.75, 3.05) is 26.2 Å². The maximum Gasteiger partial charge on any atom is 0.243 e. The highest BCUT2D eigenvalue weighted by Gasteiger charge is 2.31. The smallest absolute Gasteiger partial charge is 0.243 e. The van der Waals surface area contributed by atoms with Crippen LogP contribution in [0.5, 0.6) is 0 Å². The third-order valence-corrected chi connectivity index (χ3v) is 6.20. The number of nitrogens with zero attached hydrogens (tertiary/aromatic N) is 3. The van der Waals surface area contributed by atoms with Gasteiger partial charge in [0.15, 0.2) is 0 Å². The van der Waals surface area contributed by atoms with E-state index in [1.165, 1.54) is 4.31 Å². The summed E-state index contributed by atoms with van der Waals surface area (Å²) in [6.45, 7) is 7.57. The first-order valence-electron chi connectivity index (χ1n) is 8.38. The number of nitrogens with one attached hydrogen (secondary N) is 1. The third kappa shape index (κ3) is 3.85. The Hall–Kier alpha value is -1.93. The van der Waals surface area contributed by atoms with Gasteiger partial charge < -0.3 is 9.88 Å². The van der Waals surface area contributed by atoms with Gasteiger partial charge in [-0.15, -0.1) is 0 Å². The lowest BCUT2D eigenvalue weighted by atomic mass is 9.91. The standard InChI is InChI=1S/C17H24N4O3S/c1-17(2,3)11-16(22)20-6-8-21(9-7-20)25(23,24)13-4-5-14-15(10-13)19-12-18-14/h4-5,10,12H,6-9,11H2,1-3H3,(H,18,19). The van der Waals surface area contributed by atoms with Crippen molar-refractivity contribution < 1.29 is 13.2 Å². The van der Waals surface area contributed by atoms with Crippen molar-refractivity contribution in [1.82, 2.24) is 19.2 Å². The number of hydrogen-bond acceptors (Lipinski definition) is 4. The van der Waals surface area contributed by atoms with Gasteiger partial charge in [-0.25, -0.2) is 13.4 Å². The Labute approximate surface area is 148 Å². The second-order valence-electron chi connectivity index (χ2n) is 7.60. The predicted molar refractivity (Wildman–Crippen MR) is 95.5 cm³/mol. The number of benzene rings is 1. The van der Waals surface area contributed by atoms with Crippen LogP contribution >= 0.6 is 0 Å². The van der Waals surface area contributed by atoms with E-state index in [-0.39, 0.29) is 16.2 Å². The van der Waals surface area contributed by atoms with Crippen LogP contribution in [0.15, 0.2) is 29.4 Å². The summed E-state index contributed by atoms with van der Waals surface area (Å²) in [5, 5.41) is 0. The molecule has 1 aromatic heterocycles. The quantitative estimate of drug-likeness (QED) is 0.900. The molecule has 1 N–H and O–H groups in total. The van der Waals surface area contributed by atoms with Gasteiger partial charge in [-0.2, -0.15) is 4.31 Å². The number of hydrogen-bond donors (Lipinski definition) is 1. The lowest BCUT2D eigenvalue weighted by molar-refractivity contribution is -0.134. The van der Waals surface area contributed by atoms with Crippen molar-refractivity contribution in [3.8, 4) is 0 Å². The molecule has 0 atom stereocenters. The maximum absolute atomic E-state index is 12.8. The predicted octanol–water partition coefficient (Wildman–Crippen LogP) is 1.83. The molecule has 0 bridgehead atoms. The van der Waals surface area contributed by atoms with Gasteiger partial charge in [0.05, 0.1) is 22.3 Å². The van der Waals surface area contributed by atoms with E-state index in [0.717, 1.165) is 5.52 Å². The SMILES string of the molecule is CC(C)(C)CC(=O)N1CCN(S(=O)(=O)c2ccc3nc[nH]c3c2)CC1. The van der Waals surface area contributed by atoms with Crippen LogP contribution in [-0.2, 0) is 14.8 Å². The van der Waals surface area contributed by atoms with Gasteiger partial charge in [0, 0.05) is 32.6 Å². The van der Waals surface area contributed by atoms with Gasteiger partial charge in [0.1, 0.15) is 0 Å². The number of amides is 1. The molecule has 136 valence electrons. The molecule has 1 aliphatic heterocycles. The van der Waals surface area contributed by atoms with E-state index >= 15 is 0 Å². The van der Waals surface area contributed by atoms with Crippen LogP contribution in [-0.4, -0.2) is 59.7 Å². The summed E-state index contributed by atoms with van der Waals surface area (Å²) >= 11 is 0. The summed E-state index contributed by atoms with van der Waals surface area (Å²) < 4.78 is 27.1. The lowest BCUT2D eigenvalue weighted by Crippen LogP contribution is -2.50. The van der Waals surface area contributed by atoms with E-state index < -0.39 is 10.0 Å². The van der Waals surface area contributed by atoms with Crippen LogP contribution in [0.3, 0.4) is 0 Å². The number of piperazine rings is 1. The Kier molecular flexibility index (Phi) is 4.59. The molecule has 0 radical (unpaired) electrons. The number of carbonyl (C=O) groups excluding carboxylic acids is 1. The summed E-state index contributed by atoms with van der Waals surface area (Å²) in [6.07, 6.45) is 2.01. The Morgan fingerprint density at radius 3 is 2.52 bits per heavy atom. The van der Waals surface area contributed by atoms with E-state index in [2.05, 4.69) is 9.97 Å². The minimum Gasteiger partial charge on any atom is -0.345 e. The van der Waals surface area contributed by atoms with Crippen molar-refractivity contribution in [2.45, 2.75) is 32.1 Å². The normalized spacial score (nSPS) is 17.2. The van der Waals surface area contributed by atoms with Crippen LogP contribution < -0.4 is 0 Å². The van der Waals surface area contributed by atoms with Gasteiger partial charge >= 0.3 is 0 Å². The fraction of sp³-hybridized carbons (Fsp3) is 0.529. The number of fused-ring (bicyclic) bond motifs is 1. The topological polar surface area (TPSA) is 86.4 Å². The zero-order chi connectivity index (χ0) is 18.2. The van der Waals surface area contributed by atoms with Crippen LogP contribution in [0.1, 0.15) is 27.2 Å². The molecule has 8 heteroatoms. The molecule has 7 nitrogen and oxygen atoms in total. The first kappa shape index (κ1) is 17.9. The molecule has 0 unspecified atom stereocenters. The Morgan fingerprint density at radius 2 is 1.88 bits per heavy atom. The highest BCUT2D eigenvalue weighted by atomic mass is 32.2. The molecule has 1 aromatic carbocycles. The molecule has 1 amide bonds. The summed E-state index contributed by atoms with van der Waals surface area (Å²) in [6, 6.07) is 4.88. The van der Waals surface area contributed by atoms with Gasteiger partial charge in [0.2, 0.25) is 15.9 Å². The van der Waals surface area contributed by atoms with Crippen LogP contribution in [0.4, 0.5) is 0 Å². The molecular formula is C17H24N4O3S. The van der Waals surface area contributed by atoms with E-state index in [1.54, 1.807) is 29.4 Å². The number of aromatic nitrogens is 2. The molecule has 0 spiro atoms. The summed E-state index contributed by atoms with van der Waals surface area (Å²) in [4.78, 5) is 21.3. The number of carbonyl (C=O) groups is 1. The van der Waals surface area contributed by atoms with E-state index in [0.29, 0.717) is 38.1 Å². The number of rotatable bonds is 3. The Morgan fingerprint density at radius 1 is 1.20 bits per heavy atom. The van der Waals surface area contributed by atoms with Crippen molar-refractivity contribution in [1.29, 1.82) is 0 Å². The minimum atomic E-state index is -3.57. The second-order valence-corrected chi connectivity index (χ2v) is 9.54. The highest BCUT2D eigenvalue weighted by Crippen LogP contribution is 2.23. The molecule has 1 fully saturated rings. The minimum absolute atomic E-state index is 0.0697. The first-order valence-corrected chi connectivity index (χ1v) is 9.82. The van der Waals surface area contributed by atoms with Crippen LogP contribution in [0.25, 0.3) is 11.0 Å². The van der Waals surface area contributed by atoms with Gasteiger partial charge in [-0.1, -0.05) is 20.8 Å². The number of imidazole rings is 1. The first-order chi connectivity index (χ1) is 11.7. The van der Waals surface area contributed by atoms with E-state index in [1.807, 2.05) is 20.8 Å². The van der Waals surface area contributed by atoms with Gasteiger partial charge in [0.25, 0.3) is 0 Å². The molecule has 2 aromatic rings. The van der Waals surface area contributed by atoms with Crippen LogP contribution in [0, 0.1) is 5.41 Å². The molecule has 3 rings (SSSR count). The molecule has 2 heterocycles. The van der Waals surface area contributed by atoms with Crippen molar-refractivity contribution in [2.24, 2.45) is 5.41 Å². The Bertz CT molecular complexity index is 875. The van der Waals surface area contributed by atoms with Gasteiger partial charge in [-0.05, 0) is 23.6 Å². The number of H-pyrrole nitrogens is 1.